The fraction of sp³-hybridized carbons (Fsp3) is 0.143. The van der Waals surface area contributed by atoms with Gasteiger partial charge in [0.25, 0.3) is 0 Å². The summed E-state index contributed by atoms with van der Waals surface area (Å²) in [5, 5.41) is 0. The molecule has 0 unspecified atom stereocenters. The number of ether oxygens (including phenoxy) is 1. The molecule has 0 N–H and O–H groups in total. The monoisotopic (exact) mass is 414 g/mol. The Morgan fingerprint density at radius 1 is 0.950 bits per heavy atom. The minimum atomic E-state index is -4.67. The van der Waals surface area contributed by atoms with Gasteiger partial charge in [0.2, 0.25) is 11.2 Å². The van der Waals surface area contributed by atoms with E-state index in [1.54, 1.807) is 7.11 Å². The van der Waals surface area contributed by atoms with Crippen LogP contribution in [0.4, 0.5) is 11.7 Å². The van der Waals surface area contributed by atoms with Gasteiger partial charge in [0.05, 0.1) is 7.11 Å². The van der Waals surface area contributed by atoms with E-state index in [4.69, 9.17) is 4.74 Å². The van der Waals surface area contributed by atoms with E-state index in [-0.39, 0.29) is 6.26 Å². The molecular formula is C14H14F3IOS. The van der Waals surface area contributed by atoms with Gasteiger partial charge in [-0.1, -0.05) is 30.3 Å². The molecule has 0 heterocycles. The largest absolute Gasteiger partial charge is 0.497 e. The fourth-order valence-corrected chi connectivity index (χ4v) is 2.16. The van der Waals surface area contributed by atoms with E-state index in [9.17, 15) is 11.7 Å². The predicted molar refractivity (Wildman–Crippen MR) is 88.0 cm³/mol. The molecule has 0 aromatic heterocycles. The Balaban J connectivity index is 0.000000347. The Kier molecular flexibility index (Phi) is 6.67. The van der Waals surface area contributed by atoms with Crippen LogP contribution in [0.25, 0.3) is 11.1 Å². The molecule has 0 fully saturated rings. The molecule has 6 heteroatoms. The maximum Gasteiger partial charge on any atom is 0.206 e. The smallest absolute Gasteiger partial charge is 0.206 e. The third-order valence-electron chi connectivity index (χ3n) is 2.27. The van der Waals surface area contributed by atoms with Gasteiger partial charge in [0.1, 0.15) is 5.75 Å². The van der Waals surface area contributed by atoms with Gasteiger partial charge in [-0.05, 0) is 51.9 Å². The number of halogens is 4. The molecule has 2 aromatic rings. The van der Waals surface area contributed by atoms with Crippen molar-refractivity contribution in [2.24, 2.45) is 0 Å². The van der Waals surface area contributed by atoms with Gasteiger partial charge < -0.3 is 4.74 Å². The summed E-state index contributed by atoms with van der Waals surface area (Å²) in [6.07, 6.45) is 0.271. The average Bonchev–Trinajstić information content (AvgIpc) is 2.38. The van der Waals surface area contributed by atoms with Gasteiger partial charge >= 0.3 is 0 Å². The zero-order valence-electron chi connectivity index (χ0n) is 10.9. The van der Waals surface area contributed by atoms with E-state index < -0.39 is 11.2 Å². The van der Waals surface area contributed by atoms with Crippen molar-refractivity contribution < 1.29 is 16.4 Å². The van der Waals surface area contributed by atoms with E-state index >= 15 is 0 Å². The summed E-state index contributed by atoms with van der Waals surface area (Å²) in [6, 6.07) is 16.5. The molecule has 110 valence electrons. The SMILES string of the molecule is COc1ccc(-c2ccccc2I)cc1.CS(F)(F)F. The molecule has 0 saturated carbocycles. The van der Waals surface area contributed by atoms with Crippen LogP contribution in [-0.2, 0) is 0 Å². The predicted octanol–water partition coefficient (Wildman–Crippen LogP) is 6.04. The van der Waals surface area contributed by atoms with Crippen molar-refractivity contribution in [2.45, 2.75) is 0 Å². The highest BCUT2D eigenvalue weighted by Crippen LogP contribution is 2.48. The number of methoxy groups -OCH3 is 1. The summed E-state index contributed by atoms with van der Waals surface area (Å²) < 4.78 is 37.7. The highest BCUT2D eigenvalue weighted by molar-refractivity contribution is 14.1. The van der Waals surface area contributed by atoms with Gasteiger partial charge in [-0.3, -0.25) is 0 Å². The first-order valence-electron chi connectivity index (χ1n) is 5.57. The third kappa shape index (κ3) is 6.51. The van der Waals surface area contributed by atoms with E-state index in [2.05, 4.69) is 59.0 Å². The number of benzene rings is 2. The van der Waals surface area contributed by atoms with Gasteiger partial charge in [-0.2, -0.15) is 0 Å². The fourth-order valence-electron chi connectivity index (χ4n) is 1.47. The normalized spacial score (nSPS) is 11.3. The van der Waals surface area contributed by atoms with Gasteiger partial charge in [-0.15, -0.1) is 11.7 Å². The standard InChI is InChI=1S/C13H11IO.CH3F3S/c1-15-11-8-6-10(7-9-11)12-4-2-3-5-13(12)14;1-5(2,3)4/h2-9H,1H3;1H3. The van der Waals surface area contributed by atoms with Crippen molar-refractivity contribution >= 4 is 33.8 Å². The van der Waals surface area contributed by atoms with Crippen LogP contribution in [0.3, 0.4) is 0 Å². The van der Waals surface area contributed by atoms with Crippen LogP contribution in [0.1, 0.15) is 0 Å². The highest BCUT2D eigenvalue weighted by Gasteiger charge is 2.07. The van der Waals surface area contributed by atoms with Crippen LogP contribution in [0.15, 0.2) is 48.5 Å². The summed E-state index contributed by atoms with van der Waals surface area (Å²) in [5.41, 5.74) is 2.49. The Labute approximate surface area is 132 Å². The first-order chi connectivity index (χ1) is 9.31. The Morgan fingerprint density at radius 3 is 1.90 bits per heavy atom. The molecule has 20 heavy (non-hydrogen) atoms. The quantitative estimate of drug-likeness (QED) is 0.545. The Morgan fingerprint density at radius 2 is 1.45 bits per heavy atom. The van der Waals surface area contributed by atoms with Crippen LogP contribution in [0, 0.1) is 3.57 Å². The lowest BCUT2D eigenvalue weighted by atomic mass is 10.1. The van der Waals surface area contributed by atoms with Crippen LogP contribution in [0.5, 0.6) is 5.75 Å². The average molecular weight is 414 g/mol. The summed E-state index contributed by atoms with van der Waals surface area (Å²) >= 11 is -2.32. The molecule has 0 radical (unpaired) electrons. The van der Waals surface area contributed by atoms with Crippen LogP contribution in [0.2, 0.25) is 0 Å². The molecule has 2 rings (SSSR count). The second-order valence-corrected chi connectivity index (χ2v) is 6.28. The maximum atomic E-state index is 10.4. The molecular weight excluding hydrogens is 400 g/mol. The lowest BCUT2D eigenvalue weighted by Crippen LogP contribution is -1.84. The van der Waals surface area contributed by atoms with E-state index in [1.807, 2.05) is 12.1 Å². The molecule has 0 saturated heterocycles. The first-order valence-corrected chi connectivity index (χ1v) is 8.39. The molecule has 0 atom stereocenters. The molecule has 0 aliphatic rings. The zero-order valence-corrected chi connectivity index (χ0v) is 13.9. The minimum absolute atomic E-state index is 0.271. The van der Waals surface area contributed by atoms with Crippen molar-refractivity contribution in [3.05, 3.63) is 52.1 Å². The van der Waals surface area contributed by atoms with Crippen LogP contribution >= 0.6 is 33.8 Å². The van der Waals surface area contributed by atoms with Crippen molar-refractivity contribution in [1.29, 1.82) is 0 Å². The number of rotatable bonds is 2. The number of hydrogen-bond acceptors (Lipinski definition) is 1. The summed E-state index contributed by atoms with van der Waals surface area (Å²) in [6.45, 7) is 0. The van der Waals surface area contributed by atoms with Gasteiger partial charge in [-0.25, -0.2) is 0 Å². The topological polar surface area (TPSA) is 9.23 Å². The van der Waals surface area contributed by atoms with Crippen LogP contribution in [-0.4, -0.2) is 13.4 Å². The second-order valence-electron chi connectivity index (χ2n) is 3.85. The molecule has 0 aliphatic carbocycles. The second kappa shape index (κ2) is 7.78. The summed E-state index contributed by atoms with van der Waals surface area (Å²) in [5.74, 6) is 0.893. The lowest BCUT2D eigenvalue weighted by molar-refractivity contribution is 0.415. The van der Waals surface area contributed by atoms with Crippen molar-refractivity contribution in [3.8, 4) is 16.9 Å². The molecule has 0 amide bonds. The van der Waals surface area contributed by atoms with E-state index in [0.717, 1.165) is 5.75 Å². The number of hydrogen-bond donors (Lipinski definition) is 0. The van der Waals surface area contributed by atoms with Crippen LogP contribution < -0.4 is 4.74 Å². The summed E-state index contributed by atoms with van der Waals surface area (Å²) in [7, 11) is 1.68. The van der Waals surface area contributed by atoms with E-state index in [1.165, 1.54) is 14.7 Å². The maximum absolute atomic E-state index is 10.4. The molecule has 0 bridgehead atoms. The van der Waals surface area contributed by atoms with Gasteiger partial charge in [0.15, 0.2) is 0 Å². The van der Waals surface area contributed by atoms with Crippen molar-refractivity contribution in [3.63, 3.8) is 0 Å². The highest BCUT2D eigenvalue weighted by atomic mass is 127. The third-order valence-corrected chi connectivity index (χ3v) is 3.22. The Hall–Kier alpha value is -0.890. The van der Waals surface area contributed by atoms with Gasteiger partial charge in [0, 0.05) is 9.83 Å². The molecule has 2 aromatic carbocycles. The van der Waals surface area contributed by atoms with E-state index in [0.29, 0.717) is 0 Å². The van der Waals surface area contributed by atoms with Crippen molar-refractivity contribution in [2.75, 3.05) is 13.4 Å². The minimum Gasteiger partial charge on any atom is -0.497 e. The first kappa shape index (κ1) is 17.2. The molecule has 0 spiro atoms. The Bertz CT molecular complexity index is 535. The summed E-state index contributed by atoms with van der Waals surface area (Å²) in [4.78, 5) is 0. The molecule has 0 aliphatic heterocycles. The molecule has 1 nitrogen and oxygen atoms in total. The lowest BCUT2D eigenvalue weighted by Gasteiger charge is -2.05. The zero-order chi connectivity index (χ0) is 15.2. The van der Waals surface area contributed by atoms with Crippen molar-refractivity contribution in [1.82, 2.24) is 0 Å².